The van der Waals surface area contributed by atoms with Crippen molar-refractivity contribution in [2.75, 3.05) is 19.0 Å². The molecular formula is C13H14N6O. The minimum atomic E-state index is -0.427. The third-order valence-corrected chi connectivity index (χ3v) is 2.52. The van der Waals surface area contributed by atoms with Gasteiger partial charge in [0.1, 0.15) is 5.70 Å². The first-order chi connectivity index (χ1) is 9.56. The highest BCUT2D eigenvalue weighted by Crippen LogP contribution is 2.11. The monoisotopic (exact) mass is 270 g/mol. The number of amides is 1. The first kappa shape index (κ1) is 13.6. The molecule has 0 saturated heterocycles. The van der Waals surface area contributed by atoms with Gasteiger partial charge in [0, 0.05) is 19.8 Å². The Balaban J connectivity index is 2.05. The van der Waals surface area contributed by atoms with Gasteiger partial charge in [0.2, 0.25) is 0 Å². The number of hydrogen-bond acceptors (Lipinski definition) is 5. The van der Waals surface area contributed by atoms with Crippen LogP contribution in [0.3, 0.4) is 0 Å². The first-order valence-electron chi connectivity index (χ1n) is 5.86. The zero-order valence-electron chi connectivity index (χ0n) is 11.2. The average molecular weight is 270 g/mol. The zero-order valence-corrected chi connectivity index (χ0v) is 11.2. The maximum atomic E-state index is 11.2. The van der Waals surface area contributed by atoms with Gasteiger partial charge < -0.3 is 4.90 Å². The van der Waals surface area contributed by atoms with Gasteiger partial charge in [0.25, 0.3) is 11.9 Å². The van der Waals surface area contributed by atoms with Gasteiger partial charge in [-0.1, -0.05) is 18.7 Å². The summed E-state index contributed by atoms with van der Waals surface area (Å²) >= 11 is 0. The van der Waals surface area contributed by atoms with Crippen LogP contribution in [-0.2, 0) is 4.79 Å². The maximum absolute atomic E-state index is 11.2. The normalized spacial score (nSPS) is 16.8. The van der Waals surface area contributed by atoms with Crippen LogP contribution in [0.1, 0.15) is 5.56 Å². The van der Waals surface area contributed by atoms with Crippen LogP contribution in [0.25, 0.3) is 0 Å². The van der Waals surface area contributed by atoms with Gasteiger partial charge in [0.15, 0.2) is 0 Å². The van der Waals surface area contributed by atoms with Crippen molar-refractivity contribution >= 4 is 23.8 Å². The predicted molar refractivity (Wildman–Crippen MR) is 77.9 cm³/mol. The molecule has 1 N–H and O–H groups in total. The second kappa shape index (κ2) is 5.87. The lowest BCUT2D eigenvalue weighted by Gasteiger charge is -2.11. The molecule has 1 aliphatic rings. The third-order valence-electron chi connectivity index (χ3n) is 2.52. The van der Waals surface area contributed by atoms with Crippen molar-refractivity contribution in [2.24, 2.45) is 20.4 Å². The molecule has 0 bridgehead atoms. The molecule has 102 valence electrons. The number of guanidine groups is 1. The Morgan fingerprint density at radius 2 is 1.95 bits per heavy atom. The highest BCUT2D eigenvalue weighted by molar-refractivity contribution is 6.06. The van der Waals surface area contributed by atoms with E-state index in [9.17, 15) is 4.79 Å². The molecule has 0 aromatic heterocycles. The second-order valence-corrected chi connectivity index (χ2v) is 4.25. The minimum absolute atomic E-state index is 0.0450. The summed E-state index contributed by atoms with van der Waals surface area (Å²) in [6, 6.07) is 7.78. The summed E-state index contributed by atoms with van der Waals surface area (Å²) in [6.07, 6.45) is 1.57. The summed E-state index contributed by atoms with van der Waals surface area (Å²) in [7, 11) is 3.94. The van der Waals surface area contributed by atoms with Gasteiger partial charge >= 0.3 is 0 Å². The molecule has 1 aromatic rings. The Morgan fingerprint density at radius 1 is 1.25 bits per heavy atom. The van der Waals surface area contributed by atoms with E-state index >= 15 is 0 Å². The van der Waals surface area contributed by atoms with Crippen LogP contribution in [0.2, 0.25) is 0 Å². The molecule has 1 amide bonds. The Kier molecular flexibility index (Phi) is 3.99. The van der Waals surface area contributed by atoms with E-state index in [0.717, 1.165) is 11.3 Å². The van der Waals surface area contributed by atoms with E-state index in [1.807, 2.05) is 43.3 Å². The van der Waals surface area contributed by atoms with E-state index in [1.165, 1.54) is 0 Å². The quantitative estimate of drug-likeness (QED) is 0.513. The smallest absolute Gasteiger partial charge is 0.277 e. The highest BCUT2D eigenvalue weighted by Gasteiger charge is 2.14. The zero-order chi connectivity index (χ0) is 14.5. The van der Waals surface area contributed by atoms with Crippen LogP contribution >= 0.6 is 0 Å². The maximum Gasteiger partial charge on any atom is 0.277 e. The largest absolute Gasteiger partial charge is 0.378 e. The van der Waals surface area contributed by atoms with Crippen molar-refractivity contribution in [1.82, 2.24) is 5.32 Å². The number of nitrogens with one attached hydrogen (secondary N) is 1. The summed E-state index contributed by atoms with van der Waals surface area (Å²) in [6.45, 7) is 3.41. The Labute approximate surface area is 116 Å². The van der Waals surface area contributed by atoms with E-state index in [4.69, 9.17) is 0 Å². The van der Waals surface area contributed by atoms with Crippen LogP contribution in [-0.4, -0.2) is 32.2 Å². The van der Waals surface area contributed by atoms with Gasteiger partial charge in [0.05, 0.1) is 6.21 Å². The Bertz CT molecular complexity index is 612. The lowest BCUT2D eigenvalue weighted by atomic mass is 10.2. The molecular weight excluding hydrogens is 256 g/mol. The summed E-state index contributed by atoms with van der Waals surface area (Å²) < 4.78 is 0. The molecule has 0 unspecified atom stereocenters. The lowest BCUT2D eigenvalue weighted by Crippen LogP contribution is -2.32. The van der Waals surface area contributed by atoms with Crippen LogP contribution < -0.4 is 10.2 Å². The standard InChI is InChI=1S/C13H14N6O/c1-9-12(20)15-13(18-16-9)17-14-8-10-4-6-11(7-5-10)19(2)3/h4-8H,1H2,2-3H3,(H,15,17,20)/b14-8+. The number of benzene rings is 1. The number of carbonyl (C=O) groups excluding carboxylic acids is 1. The van der Waals surface area contributed by atoms with Gasteiger partial charge in [-0.05, 0) is 17.7 Å². The third kappa shape index (κ3) is 3.35. The molecule has 2 rings (SSSR count). The van der Waals surface area contributed by atoms with Crippen molar-refractivity contribution in [2.45, 2.75) is 0 Å². The van der Waals surface area contributed by atoms with Gasteiger partial charge in [-0.15, -0.1) is 15.3 Å². The SMILES string of the molecule is C=C1N=N/C(=N/N=C/c2ccc(N(C)C)cc2)NC1=O. The van der Waals surface area contributed by atoms with E-state index in [1.54, 1.807) is 6.21 Å². The van der Waals surface area contributed by atoms with E-state index < -0.39 is 5.91 Å². The molecule has 0 radical (unpaired) electrons. The first-order valence-corrected chi connectivity index (χ1v) is 5.86. The number of hydrogen-bond donors (Lipinski definition) is 1. The van der Waals surface area contributed by atoms with Crippen molar-refractivity contribution in [3.63, 3.8) is 0 Å². The molecule has 1 heterocycles. The molecule has 7 heteroatoms. The fourth-order valence-electron chi connectivity index (χ4n) is 1.41. The average Bonchev–Trinajstić information content (AvgIpc) is 2.43. The van der Waals surface area contributed by atoms with E-state index in [-0.39, 0.29) is 11.7 Å². The number of anilines is 1. The number of rotatable bonds is 3. The second-order valence-electron chi connectivity index (χ2n) is 4.25. The summed E-state index contributed by atoms with van der Waals surface area (Å²) in [4.78, 5) is 13.2. The predicted octanol–water partition coefficient (Wildman–Crippen LogP) is 1.54. The molecule has 20 heavy (non-hydrogen) atoms. The van der Waals surface area contributed by atoms with Crippen LogP contribution in [0.15, 0.2) is 57.0 Å². The number of azo groups is 1. The minimum Gasteiger partial charge on any atom is -0.378 e. The van der Waals surface area contributed by atoms with Crippen LogP contribution in [0, 0.1) is 0 Å². The summed E-state index contributed by atoms with van der Waals surface area (Å²) in [5.41, 5.74) is 2.04. The Morgan fingerprint density at radius 3 is 2.55 bits per heavy atom. The summed E-state index contributed by atoms with van der Waals surface area (Å²) in [5, 5.41) is 17.2. The Hall–Kier alpha value is -2.83. The molecule has 7 nitrogen and oxygen atoms in total. The number of carbonyl (C=O) groups is 1. The van der Waals surface area contributed by atoms with E-state index in [0.29, 0.717) is 0 Å². The molecule has 1 aliphatic heterocycles. The van der Waals surface area contributed by atoms with Gasteiger partial charge in [-0.25, -0.2) is 0 Å². The molecule has 1 aromatic carbocycles. The van der Waals surface area contributed by atoms with Crippen molar-refractivity contribution < 1.29 is 4.79 Å². The van der Waals surface area contributed by atoms with Gasteiger partial charge in [-0.2, -0.15) is 5.10 Å². The van der Waals surface area contributed by atoms with Crippen molar-refractivity contribution in [3.8, 4) is 0 Å². The fourth-order valence-corrected chi connectivity index (χ4v) is 1.41. The lowest BCUT2D eigenvalue weighted by molar-refractivity contribution is -0.116. The molecule has 0 spiro atoms. The van der Waals surface area contributed by atoms with Crippen LogP contribution in [0.4, 0.5) is 5.69 Å². The topological polar surface area (TPSA) is 81.8 Å². The van der Waals surface area contributed by atoms with Gasteiger partial charge in [-0.3, -0.25) is 10.1 Å². The van der Waals surface area contributed by atoms with E-state index in [2.05, 4.69) is 32.3 Å². The van der Waals surface area contributed by atoms with Crippen LogP contribution in [0.5, 0.6) is 0 Å². The van der Waals surface area contributed by atoms with Crippen molar-refractivity contribution in [3.05, 3.63) is 42.1 Å². The fraction of sp³-hybridized carbons (Fsp3) is 0.154. The summed E-state index contributed by atoms with van der Waals surface area (Å²) in [5.74, 6) is -0.382. The molecule has 0 fully saturated rings. The van der Waals surface area contributed by atoms with Crippen molar-refractivity contribution in [1.29, 1.82) is 0 Å². The highest BCUT2D eigenvalue weighted by atomic mass is 16.2. The molecule has 0 aliphatic carbocycles. The molecule has 0 atom stereocenters. The molecule has 0 saturated carbocycles. The number of nitrogens with zero attached hydrogens (tertiary/aromatic N) is 5.